The highest BCUT2D eigenvalue weighted by Crippen LogP contribution is 2.25. The molecular weight excluding hydrogens is 636 g/mol. The first-order chi connectivity index (χ1) is 23.5. The standard InChI is InChI=1S/C39H54N4O7/c1-38(2,3)22-32(45)42-30(20-25-12-10-9-11-13-25)34(46)33(40-23-26-14-17-28(49-7)18-15-26)36(47)43-35(39(4,5)6)37(48)41-24-27-16-19-29(50-8)21-31(27)44/h9-19,21,30,33-35,40,44,46H,20,22-24H2,1-8H3,(H,41,48)(H,42,45)(H,43,47). The summed E-state index contributed by atoms with van der Waals surface area (Å²) in [7, 11) is 3.07. The van der Waals surface area contributed by atoms with E-state index in [-0.39, 0.29) is 43.0 Å². The molecule has 0 aliphatic rings. The summed E-state index contributed by atoms with van der Waals surface area (Å²) in [6.45, 7) is 11.5. The summed E-state index contributed by atoms with van der Waals surface area (Å²) in [4.78, 5) is 41.1. The number of aliphatic hydroxyl groups excluding tert-OH is 1. The third-order valence-corrected chi connectivity index (χ3v) is 8.22. The monoisotopic (exact) mass is 690 g/mol. The Morgan fingerprint density at radius 1 is 0.760 bits per heavy atom. The summed E-state index contributed by atoms with van der Waals surface area (Å²) in [5.41, 5.74) is 1.14. The van der Waals surface area contributed by atoms with Gasteiger partial charge in [-0.05, 0) is 52.6 Å². The van der Waals surface area contributed by atoms with Crippen molar-refractivity contribution in [3.8, 4) is 17.2 Å². The van der Waals surface area contributed by atoms with Crippen molar-refractivity contribution < 1.29 is 34.1 Å². The van der Waals surface area contributed by atoms with E-state index in [0.29, 0.717) is 17.1 Å². The third-order valence-electron chi connectivity index (χ3n) is 8.22. The maximum atomic E-state index is 14.2. The molecule has 3 aromatic carbocycles. The molecule has 4 unspecified atom stereocenters. The second-order valence-corrected chi connectivity index (χ2v) is 14.8. The van der Waals surface area contributed by atoms with Crippen molar-refractivity contribution in [1.82, 2.24) is 21.3 Å². The van der Waals surface area contributed by atoms with Gasteiger partial charge in [0.15, 0.2) is 0 Å². The molecule has 3 amide bonds. The van der Waals surface area contributed by atoms with Gasteiger partial charge >= 0.3 is 0 Å². The number of phenolic OH excluding ortho intramolecular Hbond substituents is 1. The summed E-state index contributed by atoms with van der Waals surface area (Å²) in [6.07, 6.45) is -0.908. The summed E-state index contributed by atoms with van der Waals surface area (Å²) in [5.74, 6) is -0.218. The Hall–Kier alpha value is -4.61. The Bertz CT molecular complexity index is 1550. The van der Waals surface area contributed by atoms with Crippen LogP contribution in [0.15, 0.2) is 72.8 Å². The van der Waals surface area contributed by atoms with Crippen molar-refractivity contribution >= 4 is 17.7 Å². The van der Waals surface area contributed by atoms with Gasteiger partial charge in [0.05, 0.1) is 26.4 Å². The van der Waals surface area contributed by atoms with Gasteiger partial charge in [0, 0.05) is 31.1 Å². The molecule has 50 heavy (non-hydrogen) atoms. The number of carbonyl (C=O) groups excluding carboxylic acids is 3. The molecule has 0 aliphatic carbocycles. The topological polar surface area (TPSA) is 158 Å². The van der Waals surface area contributed by atoms with Gasteiger partial charge in [-0.2, -0.15) is 0 Å². The smallest absolute Gasteiger partial charge is 0.243 e. The maximum absolute atomic E-state index is 14.2. The van der Waals surface area contributed by atoms with Gasteiger partial charge in [0.25, 0.3) is 0 Å². The highest BCUT2D eigenvalue weighted by molar-refractivity contribution is 5.91. The molecule has 0 aliphatic heterocycles. The van der Waals surface area contributed by atoms with E-state index in [4.69, 9.17) is 9.47 Å². The lowest BCUT2D eigenvalue weighted by atomic mass is 9.85. The van der Waals surface area contributed by atoms with Crippen LogP contribution in [0.4, 0.5) is 0 Å². The number of methoxy groups -OCH3 is 2. The Labute approximate surface area is 296 Å². The molecule has 4 atom stereocenters. The van der Waals surface area contributed by atoms with Gasteiger partial charge in [-0.25, -0.2) is 0 Å². The zero-order valence-electron chi connectivity index (χ0n) is 30.5. The predicted molar refractivity (Wildman–Crippen MR) is 194 cm³/mol. The van der Waals surface area contributed by atoms with E-state index in [9.17, 15) is 24.6 Å². The highest BCUT2D eigenvalue weighted by Gasteiger charge is 2.39. The number of rotatable bonds is 16. The SMILES string of the molecule is COc1ccc(CNC(C(=O)NC(C(=O)NCc2ccc(OC)cc2O)C(C)(C)C)C(O)C(Cc2ccccc2)NC(=O)CC(C)(C)C)cc1. The molecule has 0 bridgehead atoms. The number of hydrogen-bond donors (Lipinski definition) is 6. The Morgan fingerprint density at radius 3 is 1.94 bits per heavy atom. The fourth-order valence-corrected chi connectivity index (χ4v) is 5.45. The molecule has 0 heterocycles. The first-order valence-corrected chi connectivity index (χ1v) is 16.8. The number of amides is 3. The van der Waals surface area contributed by atoms with Gasteiger partial charge in [-0.15, -0.1) is 0 Å². The van der Waals surface area contributed by atoms with E-state index in [1.807, 2.05) is 84.0 Å². The van der Waals surface area contributed by atoms with Crippen LogP contribution < -0.4 is 30.7 Å². The largest absolute Gasteiger partial charge is 0.507 e. The van der Waals surface area contributed by atoms with Gasteiger partial charge in [0.1, 0.15) is 29.3 Å². The van der Waals surface area contributed by atoms with Crippen molar-refractivity contribution in [2.75, 3.05) is 14.2 Å². The molecule has 6 N–H and O–H groups in total. The lowest BCUT2D eigenvalue weighted by Crippen LogP contribution is -2.63. The number of hydrogen-bond acceptors (Lipinski definition) is 8. The second-order valence-electron chi connectivity index (χ2n) is 14.8. The maximum Gasteiger partial charge on any atom is 0.243 e. The normalized spacial score (nSPS) is 14.1. The molecular formula is C39H54N4O7. The number of aromatic hydroxyl groups is 1. The van der Waals surface area contributed by atoms with Crippen molar-refractivity contribution in [3.05, 3.63) is 89.5 Å². The molecule has 11 heteroatoms. The van der Waals surface area contributed by atoms with Crippen LogP contribution in [0.3, 0.4) is 0 Å². The molecule has 3 rings (SSSR count). The molecule has 0 aromatic heterocycles. The lowest BCUT2D eigenvalue weighted by Gasteiger charge is -2.35. The Balaban J connectivity index is 1.91. The average Bonchev–Trinajstić information content (AvgIpc) is 3.05. The fourth-order valence-electron chi connectivity index (χ4n) is 5.45. The summed E-state index contributed by atoms with van der Waals surface area (Å²) in [5, 5.41) is 34.3. The Kier molecular flexibility index (Phi) is 14.2. The van der Waals surface area contributed by atoms with Crippen molar-refractivity contribution in [3.63, 3.8) is 0 Å². The van der Waals surface area contributed by atoms with E-state index >= 15 is 0 Å². The van der Waals surface area contributed by atoms with Crippen LogP contribution in [0.5, 0.6) is 17.2 Å². The van der Waals surface area contributed by atoms with Gasteiger partial charge in [-0.1, -0.05) is 84.0 Å². The third kappa shape index (κ3) is 12.4. The lowest BCUT2D eigenvalue weighted by molar-refractivity contribution is -0.135. The summed E-state index contributed by atoms with van der Waals surface area (Å²) >= 11 is 0. The van der Waals surface area contributed by atoms with Crippen molar-refractivity contribution in [2.45, 2.75) is 91.7 Å². The van der Waals surface area contributed by atoms with Crippen molar-refractivity contribution in [2.24, 2.45) is 10.8 Å². The zero-order chi connectivity index (χ0) is 37.1. The second kappa shape index (κ2) is 17.9. The molecule has 0 radical (unpaired) electrons. The number of benzene rings is 3. The average molecular weight is 691 g/mol. The van der Waals surface area contributed by atoms with Gasteiger partial charge < -0.3 is 35.6 Å². The number of ether oxygens (including phenoxy) is 2. The van der Waals surface area contributed by atoms with Crippen LogP contribution in [0, 0.1) is 10.8 Å². The van der Waals surface area contributed by atoms with Crippen LogP contribution in [0.2, 0.25) is 0 Å². The minimum atomic E-state index is -1.39. The molecule has 0 spiro atoms. The number of nitrogens with one attached hydrogen (secondary N) is 4. The van der Waals surface area contributed by atoms with Gasteiger partial charge in [0.2, 0.25) is 17.7 Å². The quantitative estimate of drug-likeness (QED) is 0.130. The van der Waals surface area contributed by atoms with E-state index in [1.165, 1.54) is 13.2 Å². The van der Waals surface area contributed by atoms with Crippen LogP contribution >= 0.6 is 0 Å². The number of phenols is 1. The minimum Gasteiger partial charge on any atom is -0.507 e. The molecule has 272 valence electrons. The van der Waals surface area contributed by atoms with Gasteiger partial charge in [-0.3, -0.25) is 19.7 Å². The van der Waals surface area contributed by atoms with E-state index in [1.54, 1.807) is 31.4 Å². The van der Waals surface area contributed by atoms with E-state index in [2.05, 4.69) is 21.3 Å². The van der Waals surface area contributed by atoms with Crippen molar-refractivity contribution in [1.29, 1.82) is 0 Å². The van der Waals surface area contributed by atoms with E-state index < -0.39 is 41.5 Å². The fraction of sp³-hybridized carbons (Fsp3) is 0.462. The molecule has 0 saturated carbocycles. The first kappa shape index (κ1) is 39.8. The molecule has 11 nitrogen and oxygen atoms in total. The number of aliphatic hydroxyl groups is 1. The molecule has 3 aromatic rings. The van der Waals surface area contributed by atoms with Crippen LogP contribution in [0.1, 0.15) is 64.7 Å². The molecule has 0 saturated heterocycles. The first-order valence-electron chi connectivity index (χ1n) is 16.8. The minimum absolute atomic E-state index is 0.0117. The zero-order valence-corrected chi connectivity index (χ0v) is 30.5. The number of carbonyl (C=O) groups is 3. The predicted octanol–water partition coefficient (Wildman–Crippen LogP) is 4.24. The van der Waals surface area contributed by atoms with Crippen LogP contribution in [0.25, 0.3) is 0 Å². The van der Waals surface area contributed by atoms with Crippen LogP contribution in [-0.2, 0) is 33.9 Å². The highest BCUT2D eigenvalue weighted by atomic mass is 16.5. The summed E-state index contributed by atoms with van der Waals surface area (Å²) in [6, 6.07) is 18.4. The van der Waals surface area contributed by atoms with Crippen LogP contribution in [-0.4, -0.2) is 66.4 Å². The van der Waals surface area contributed by atoms with E-state index in [0.717, 1.165) is 11.1 Å². The summed E-state index contributed by atoms with van der Waals surface area (Å²) < 4.78 is 10.4. The molecule has 0 fully saturated rings. The Morgan fingerprint density at radius 2 is 1.38 bits per heavy atom.